The van der Waals surface area contributed by atoms with Crippen molar-refractivity contribution in [3.63, 3.8) is 0 Å². The lowest BCUT2D eigenvalue weighted by molar-refractivity contribution is 0.949. The first-order chi connectivity index (χ1) is 9.74. The molecule has 1 aliphatic rings. The first-order valence-electron chi connectivity index (χ1n) is 7.06. The molecule has 3 heterocycles. The molecule has 0 amide bonds. The Labute approximate surface area is 122 Å². The predicted octanol–water partition coefficient (Wildman–Crippen LogP) is 4.05. The van der Waals surface area contributed by atoms with Crippen molar-refractivity contribution >= 4 is 34.0 Å². The number of halogens is 1. The zero-order chi connectivity index (χ0) is 13.7. The summed E-state index contributed by atoms with van der Waals surface area (Å²) in [7, 11) is 0. The smallest absolute Gasteiger partial charge is 0.158 e. The second kappa shape index (κ2) is 4.38. The van der Waals surface area contributed by atoms with Gasteiger partial charge in [-0.3, -0.25) is 4.40 Å². The van der Waals surface area contributed by atoms with Crippen molar-refractivity contribution in [1.29, 1.82) is 0 Å². The molecule has 0 saturated carbocycles. The fourth-order valence-electron chi connectivity index (χ4n) is 3.04. The molecule has 20 heavy (non-hydrogen) atoms. The average Bonchev–Trinajstić information content (AvgIpc) is 3.07. The summed E-state index contributed by atoms with van der Waals surface area (Å²) >= 11 is 6.61. The summed E-state index contributed by atoms with van der Waals surface area (Å²) in [5.41, 5.74) is 5.32. The lowest BCUT2D eigenvalue weighted by Crippen LogP contribution is -2.18. The Hall–Kier alpha value is -1.74. The minimum absolute atomic E-state index is 0.767. The standard InChI is InChI=1S/C16H16ClN3/c1-11-4-5-12-14(10-11)20-9-6-13(15(17)16(20)18-12)19-7-2-3-8-19/h4-6,9-10H,2-3,7-8H2,1H3. The molecule has 0 N–H and O–H groups in total. The molecule has 3 aromatic rings. The highest BCUT2D eigenvalue weighted by Gasteiger charge is 2.18. The maximum absolute atomic E-state index is 6.61. The lowest BCUT2D eigenvalue weighted by atomic mass is 10.2. The van der Waals surface area contributed by atoms with Crippen LogP contribution in [0.25, 0.3) is 16.7 Å². The summed E-state index contributed by atoms with van der Waals surface area (Å²) in [6.45, 7) is 4.28. The highest BCUT2D eigenvalue weighted by molar-refractivity contribution is 6.36. The van der Waals surface area contributed by atoms with Crippen LogP contribution in [0.5, 0.6) is 0 Å². The highest BCUT2D eigenvalue weighted by Crippen LogP contribution is 2.33. The number of fused-ring (bicyclic) bond motifs is 3. The molecule has 1 saturated heterocycles. The van der Waals surface area contributed by atoms with E-state index in [1.165, 1.54) is 18.4 Å². The van der Waals surface area contributed by atoms with Gasteiger partial charge >= 0.3 is 0 Å². The maximum atomic E-state index is 6.61. The van der Waals surface area contributed by atoms with Crippen molar-refractivity contribution in [3.8, 4) is 0 Å². The molecule has 1 aliphatic heterocycles. The normalized spacial score (nSPS) is 15.6. The van der Waals surface area contributed by atoms with Crippen molar-refractivity contribution in [2.75, 3.05) is 18.0 Å². The van der Waals surface area contributed by atoms with Crippen LogP contribution in [-0.2, 0) is 0 Å². The first-order valence-corrected chi connectivity index (χ1v) is 7.44. The van der Waals surface area contributed by atoms with E-state index in [2.05, 4.69) is 46.7 Å². The molecule has 2 aromatic heterocycles. The third-order valence-electron chi connectivity index (χ3n) is 4.09. The topological polar surface area (TPSA) is 20.5 Å². The predicted molar refractivity (Wildman–Crippen MR) is 83.9 cm³/mol. The van der Waals surface area contributed by atoms with Gasteiger partial charge in [-0.05, 0) is 43.5 Å². The molecule has 1 aromatic carbocycles. The van der Waals surface area contributed by atoms with E-state index in [9.17, 15) is 0 Å². The summed E-state index contributed by atoms with van der Waals surface area (Å²) in [4.78, 5) is 7.05. The summed E-state index contributed by atoms with van der Waals surface area (Å²) in [5.74, 6) is 0. The molecule has 0 bridgehead atoms. The van der Waals surface area contributed by atoms with E-state index < -0.39 is 0 Å². The molecule has 4 heteroatoms. The van der Waals surface area contributed by atoms with Crippen molar-refractivity contribution in [2.45, 2.75) is 19.8 Å². The van der Waals surface area contributed by atoms with Crippen LogP contribution in [-0.4, -0.2) is 22.5 Å². The number of aryl methyl sites for hydroxylation is 1. The van der Waals surface area contributed by atoms with E-state index in [-0.39, 0.29) is 0 Å². The molecular formula is C16H16ClN3. The van der Waals surface area contributed by atoms with Gasteiger partial charge in [0.05, 0.1) is 16.7 Å². The molecule has 0 unspecified atom stereocenters. The third kappa shape index (κ3) is 1.70. The number of anilines is 1. The van der Waals surface area contributed by atoms with Gasteiger partial charge in [0.1, 0.15) is 5.02 Å². The van der Waals surface area contributed by atoms with Crippen LogP contribution in [0.4, 0.5) is 5.69 Å². The van der Waals surface area contributed by atoms with Gasteiger partial charge in [-0.25, -0.2) is 4.98 Å². The number of imidazole rings is 1. The van der Waals surface area contributed by atoms with Gasteiger partial charge in [0.15, 0.2) is 5.65 Å². The molecule has 0 spiro atoms. The first kappa shape index (κ1) is 12.0. The van der Waals surface area contributed by atoms with Gasteiger partial charge in [0.2, 0.25) is 0 Å². The molecule has 102 valence electrons. The lowest BCUT2D eigenvalue weighted by Gasteiger charge is -2.19. The second-order valence-electron chi connectivity index (χ2n) is 5.51. The summed E-state index contributed by atoms with van der Waals surface area (Å²) in [6.07, 6.45) is 4.58. The van der Waals surface area contributed by atoms with Gasteiger partial charge in [-0.1, -0.05) is 17.7 Å². The van der Waals surface area contributed by atoms with E-state index >= 15 is 0 Å². The van der Waals surface area contributed by atoms with E-state index in [1.807, 2.05) is 0 Å². The van der Waals surface area contributed by atoms with Gasteiger partial charge in [-0.2, -0.15) is 0 Å². The van der Waals surface area contributed by atoms with Gasteiger partial charge < -0.3 is 4.90 Å². The Morgan fingerprint density at radius 2 is 1.95 bits per heavy atom. The van der Waals surface area contributed by atoms with Crippen molar-refractivity contribution in [1.82, 2.24) is 9.38 Å². The van der Waals surface area contributed by atoms with Crippen LogP contribution in [0.3, 0.4) is 0 Å². The van der Waals surface area contributed by atoms with Crippen LogP contribution in [0, 0.1) is 6.92 Å². The van der Waals surface area contributed by atoms with Crippen LogP contribution in [0.1, 0.15) is 18.4 Å². The molecule has 0 atom stereocenters. The van der Waals surface area contributed by atoms with E-state index in [1.54, 1.807) is 0 Å². The molecule has 3 nitrogen and oxygen atoms in total. The minimum Gasteiger partial charge on any atom is -0.370 e. The molecular weight excluding hydrogens is 270 g/mol. The second-order valence-corrected chi connectivity index (χ2v) is 5.88. The van der Waals surface area contributed by atoms with Gasteiger partial charge in [0, 0.05) is 19.3 Å². The highest BCUT2D eigenvalue weighted by atomic mass is 35.5. The van der Waals surface area contributed by atoms with Gasteiger partial charge in [-0.15, -0.1) is 0 Å². The van der Waals surface area contributed by atoms with E-state index in [0.29, 0.717) is 0 Å². The number of nitrogens with zero attached hydrogens (tertiary/aromatic N) is 3. The number of aromatic nitrogens is 2. The summed E-state index contributed by atoms with van der Waals surface area (Å²) in [5, 5.41) is 0.767. The SMILES string of the molecule is Cc1ccc2nc3c(Cl)c(N4CCCC4)ccn3c2c1. The Kier molecular flexibility index (Phi) is 2.64. The summed E-state index contributed by atoms with van der Waals surface area (Å²) in [6, 6.07) is 8.42. The Morgan fingerprint density at radius 1 is 1.15 bits per heavy atom. The van der Waals surface area contributed by atoms with E-state index in [4.69, 9.17) is 16.6 Å². The van der Waals surface area contributed by atoms with Crippen molar-refractivity contribution < 1.29 is 0 Å². The zero-order valence-electron chi connectivity index (χ0n) is 11.4. The van der Waals surface area contributed by atoms with Gasteiger partial charge in [0.25, 0.3) is 0 Å². The Bertz CT molecular complexity index is 800. The number of hydrogen-bond donors (Lipinski definition) is 0. The van der Waals surface area contributed by atoms with Crippen molar-refractivity contribution in [2.24, 2.45) is 0 Å². The number of rotatable bonds is 1. The molecule has 0 aliphatic carbocycles. The largest absolute Gasteiger partial charge is 0.370 e. The fourth-order valence-corrected chi connectivity index (χ4v) is 3.36. The number of pyridine rings is 1. The van der Waals surface area contributed by atoms with Crippen molar-refractivity contribution in [3.05, 3.63) is 41.0 Å². The van der Waals surface area contributed by atoms with E-state index in [0.717, 1.165) is 40.5 Å². The minimum atomic E-state index is 0.767. The molecule has 0 radical (unpaired) electrons. The number of benzene rings is 1. The van der Waals surface area contributed by atoms with Crippen LogP contribution < -0.4 is 4.90 Å². The molecule has 4 rings (SSSR count). The Balaban J connectivity index is 1.98. The number of hydrogen-bond acceptors (Lipinski definition) is 2. The van der Waals surface area contributed by atoms with Crippen LogP contribution in [0.15, 0.2) is 30.5 Å². The zero-order valence-corrected chi connectivity index (χ0v) is 12.2. The average molecular weight is 286 g/mol. The van der Waals surface area contributed by atoms with Crippen LogP contribution in [0.2, 0.25) is 5.02 Å². The fraction of sp³-hybridized carbons (Fsp3) is 0.312. The quantitative estimate of drug-likeness (QED) is 0.672. The molecule has 1 fully saturated rings. The maximum Gasteiger partial charge on any atom is 0.158 e. The third-order valence-corrected chi connectivity index (χ3v) is 4.46. The van der Waals surface area contributed by atoms with Crippen LogP contribution >= 0.6 is 11.6 Å². The summed E-state index contributed by atoms with van der Waals surface area (Å²) < 4.78 is 2.09. The monoisotopic (exact) mass is 285 g/mol. The Morgan fingerprint density at radius 3 is 2.75 bits per heavy atom.